The van der Waals surface area contributed by atoms with E-state index in [0.29, 0.717) is 6.29 Å². The summed E-state index contributed by atoms with van der Waals surface area (Å²) < 4.78 is 18.3. The molecule has 6 nitrogen and oxygen atoms in total. The fourth-order valence-electron chi connectivity index (χ4n) is 1.71. The van der Waals surface area contributed by atoms with E-state index in [0.717, 1.165) is 12.1 Å². The van der Waals surface area contributed by atoms with Crippen LogP contribution in [0.15, 0.2) is 18.2 Å². The van der Waals surface area contributed by atoms with Gasteiger partial charge in [-0.3, -0.25) is 4.79 Å². The molecule has 0 saturated carbocycles. The summed E-state index contributed by atoms with van der Waals surface area (Å²) in [6.07, 6.45) is -3.14. The quantitative estimate of drug-likeness (QED) is 0.717. The number of rotatable bonds is 5. The molecule has 0 saturated heterocycles. The molecule has 0 bridgehead atoms. The number of carbonyl (C=O) groups is 2. The first-order valence-electron chi connectivity index (χ1n) is 6.71. The van der Waals surface area contributed by atoms with Gasteiger partial charge in [0.2, 0.25) is 0 Å². The van der Waals surface area contributed by atoms with Gasteiger partial charge in [0, 0.05) is 12.1 Å². The standard InChI is InChI=1S/C15H20FNO5/c1-15(2,3)22-14(21)17-7-12(19)13(20)10-4-9(8-18)5-11(16)6-10/h4-6,8,12-13,19-20H,7H2,1-3H3,(H,17,21). The Bertz CT molecular complexity index is 541. The number of aliphatic hydroxyl groups is 2. The highest BCUT2D eigenvalue weighted by atomic mass is 19.1. The summed E-state index contributed by atoms with van der Waals surface area (Å²) in [6.45, 7) is 4.77. The summed E-state index contributed by atoms with van der Waals surface area (Å²) in [5.41, 5.74) is -0.600. The van der Waals surface area contributed by atoms with Crippen LogP contribution in [0.4, 0.5) is 9.18 Å². The molecule has 0 radical (unpaired) electrons. The van der Waals surface area contributed by atoms with E-state index < -0.39 is 29.7 Å². The summed E-state index contributed by atoms with van der Waals surface area (Å²) in [7, 11) is 0. The number of halogens is 1. The van der Waals surface area contributed by atoms with Gasteiger partial charge in [0.15, 0.2) is 0 Å². The highest BCUT2D eigenvalue weighted by Crippen LogP contribution is 2.19. The number of aliphatic hydroxyl groups excluding tert-OH is 2. The highest BCUT2D eigenvalue weighted by molar-refractivity contribution is 5.75. The summed E-state index contributed by atoms with van der Waals surface area (Å²) in [6, 6.07) is 3.28. The Morgan fingerprint density at radius 1 is 1.36 bits per heavy atom. The first kappa shape index (κ1) is 18.1. The van der Waals surface area contributed by atoms with Crippen LogP contribution in [0.1, 0.15) is 42.8 Å². The molecule has 0 aliphatic rings. The molecular formula is C15H20FNO5. The molecule has 1 amide bonds. The van der Waals surface area contributed by atoms with Crippen molar-refractivity contribution in [2.75, 3.05) is 6.54 Å². The lowest BCUT2D eigenvalue weighted by Gasteiger charge is -2.22. The number of benzene rings is 1. The van der Waals surface area contributed by atoms with Crippen molar-refractivity contribution in [3.05, 3.63) is 35.1 Å². The normalized spacial score (nSPS) is 14.1. The monoisotopic (exact) mass is 313 g/mol. The Kier molecular flexibility index (Phi) is 6.01. The summed E-state index contributed by atoms with van der Waals surface area (Å²) in [5.74, 6) is -0.703. The fraction of sp³-hybridized carbons (Fsp3) is 0.467. The average molecular weight is 313 g/mol. The molecule has 0 aliphatic heterocycles. The lowest BCUT2D eigenvalue weighted by atomic mass is 10.0. The van der Waals surface area contributed by atoms with Gasteiger partial charge in [-0.2, -0.15) is 0 Å². The van der Waals surface area contributed by atoms with Crippen LogP contribution in [0.3, 0.4) is 0 Å². The van der Waals surface area contributed by atoms with E-state index >= 15 is 0 Å². The van der Waals surface area contributed by atoms with E-state index in [1.165, 1.54) is 6.07 Å². The second-order valence-corrected chi connectivity index (χ2v) is 5.83. The zero-order chi connectivity index (χ0) is 16.9. The second kappa shape index (κ2) is 7.33. The van der Waals surface area contributed by atoms with Gasteiger partial charge in [0.25, 0.3) is 0 Å². The van der Waals surface area contributed by atoms with Crippen LogP contribution < -0.4 is 5.32 Å². The van der Waals surface area contributed by atoms with Crippen molar-refractivity contribution in [1.82, 2.24) is 5.32 Å². The molecule has 1 aromatic carbocycles. The van der Waals surface area contributed by atoms with E-state index in [4.69, 9.17) is 4.74 Å². The average Bonchev–Trinajstić information content (AvgIpc) is 2.41. The molecular weight excluding hydrogens is 293 g/mol. The van der Waals surface area contributed by atoms with Crippen LogP contribution in [0.5, 0.6) is 0 Å². The number of ether oxygens (including phenoxy) is 1. The van der Waals surface area contributed by atoms with E-state index in [1.807, 2.05) is 0 Å². The van der Waals surface area contributed by atoms with Crippen molar-refractivity contribution < 1.29 is 28.9 Å². The molecule has 0 fully saturated rings. The SMILES string of the molecule is CC(C)(C)OC(=O)NCC(O)C(O)c1cc(F)cc(C=O)c1. The number of hydrogen-bond acceptors (Lipinski definition) is 5. The number of alkyl carbamates (subject to hydrolysis) is 1. The maximum atomic E-state index is 13.3. The lowest BCUT2D eigenvalue weighted by molar-refractivity contribution is 0.0128. The van der Waals surface area contributed by atoms with Crippen molar-refractivity contribution in [3.8, 4) is 0 Å². The number of carbonyl (C=O) groups excluding carboxylic acids is 2. The van der Waals surface area contributed by atoms with Crippen molar-refractivity contribution in [1.29, 1.82) is 0 Å². The van der Waals surface area contributed by atoms with Crippen LogP contribution in [-0.4, -0.2) is 40.8 Å². The largest absolute Gasteiger partial charge is 0.444 e. The zero-order valence-corrected chi connectivity index (χ0v) is 12.7. The molecule has 0 aromatic heterocycles. The van der Waals surface area contributed by atoms with Crippen molar-refractivity contribution in [2.45, 2.75) is 38.6 Å². The number of nitrogens with one attached hydrogen (secondary N) is 1. The Balaban J connectivity index is 2.65. The third-order valence-electron chi connectivity index (χ3n) is 2.64. The van der Waals surface area contributed by atoms with Gasteiger partial charge < -0.3 is 20.3 Å². The lowest BCUT2D eigenvalue weighted by Crippen LogP contribution is -2.38. The molecule has 7 heteroatoms. The molecule has 0 aliphatic carbocycles. The first-order valence-corrected chi connectivity index (χ1v) is 6.71. The molecule has 1 rings (SSSR count). The minimum absolute atomic E-state index is 0.0422. The van der Waals surface area contributed by atoms with E-state index in [9.17, 15) is 24.2 Å². The van der Waals surface area contributed by atoms with Gasteiger partial charge in [0.05, 0.1) is 0 Å². The zero-order valence-electron chi connectivity index (χ0n) is 12.7. The Morgan fingerprint density at radius 3 is 2.55 bits per heavy atom. The van der Waals surface area contributed by atoms with E-state index in [1.54, 1.807) is 20.8 Å². The van der Waals surface area contributed by atoms with Gasteiger partial charge in [-0.05, 0) is 44.5 Å². The van der Waals surface area contributed by atoms with Crippen molar-refractivity contribution in [2.24, 2.45) is 0 Å². The predicted octanol–water partition coefficient (Wildman–Crippen LogP) is 1.56. The molecule has 122 valence electrons. The molecule has 22 heavy (non-hydrogen) atoms. The summed E-state index contributed by atoms with van der Waals surface area (Å²) in [4.78, 5) is 22.1. The highest BCUT2D eigenvalue weighted by Gasteiger charge is 2.22. The predicted molar refractivity (Wildman–Crippen MR) is 77.0 cm³/mol. The van der Waals surface area contributed by atoms with Crippen LogP contribution in [0, 0.1) is 5.82 Å². The summed E-state index contributed by atoms with van der Waals surface area (Å²) in [5, 5.41) is 22.1. The van der Waals surface area contributed by atoms with Crippen LogP contribution in [0.25, 0.3) is 0 Å². The smallest absolute Gasteiger partial charge is 0.407 e. The molecule has 1 aromatic rings. The third-order valence-corrected chi connectivity index (χ3v) is 2.64. The maximum Gasteiger partial charge on any atom is 0.407 e. The van der Waals surface area contributed by atoms with Gasteiger partial charge in [0.1, 0.15) is 29.9 Å². The molecule has 0 heterocycles. The summed E-state index contributed by atoms with van der Waals surface area (Å²) >= 11 is 0. The minimum Gasteiger partial charge on any atom is -0.444 e. The van der Waals surface area contributed by atoms with Gasteiger partial charge in [-0.15, -0.1) is 0 Å². The number of hydrogen-bond donors (Lipinski definition) is 3. The molecule has 2 unspecified atom stereocenters. The van der Waals surface area contributed by atoms with E-state index in [2.05, 4.69) is 5.32 Å². The Hall–Kier alpha value is -1.99. The van der Waals surface area contributed by atoms with Crippen LogP contribution in [-0.2, 0) is 4.74 Å². The first-order chi connectivity index (χ1) is 10.1. The minimum atomic E-state index is -1.45. The third kappa shape index (κ3) is 5.79. The number of amides is 1. The number of aldehydes is 1. The topological polar surface area (TPSA) is 95.9 Å². The fourth-order valence-corrected chi connectivity index (χ4v) is 1.71. The van der Waals surface area contributed by atoms with Crippen LogP contribution >= 0.6 is 0 Å². The second-order valence-electron chi connectivity index (χ2n) is 5.83. The molecule has 2 atom stereocenters. The van der Waals surface area contributed by atoms with E-state index in [-0.39, 0.29) is 17.7 Å². The molecule has 0 spiro atoms. The van der Waals surface area contributed by atoms with Crippen LogP contribution in [0.2, 0.25) is 0 Å². The Morgan fingerprint density at radius 2 is 2.00 bits per heavy atom. The van der Waals surface area contributed by atoms with Crippen molar-refractivity contribution in [3.63, 3.8) is 0 Å². The Labute approximate surface area is 127 Å². The van der Waals surface area contributed by atoms with Gasteiger partial charge >= 0.3 is 6.09 Å². The van der Waals surface area contributed by atoms with Gasteiger partial charge in [-0.25, -0.2) is 9.18 Å². The van der Waals surface area contributed by atoms with Crippen molar-refractivity contribution >= 4 is 12.4 Å². The maximum absolute atomic E-state index is 13.3. The molecule has 3 N–H and O–H groups in total. The van der Waals surface area contributed by atoms with Gasteiger partial charge in [-0.1, -0.05) is 0 Å².